The van der Waals surface area contributed by atoms with Gasteiger partial charge in [-0.1, -0.05) is 0 Å². The third-order valence-electron chi connectivity index (χ3n) is 5.70. The molecule has 0 bridgehead atoms. The number of nitrogens with zero attached hydrogens (tertiary/aromatic N) is 7. The van der Waals surface area contributed by atoms with E-state index in [0.29, 0.717) is 23.4 Å². The first-order chi connectivity index (χ1) is 12.6. The lowest BCUT2D eigenvalue weighted by Crippen LogP contribution is -2.31. The molecule has 2 aliphatic rings. The molecule has 7 nitrogen and oxygen atoms in total. The van der Waals surface area contributed by atoms with Crippen molar-refractivity contribution < 1.29 is 4.39 Å². The molecule has 3 aromatic heterocycles. The highest BCUT2D eigenvalue weighted by Crippen LogP contribution is 2.37. The number of pyridine rings is 1. The molecule has 0 saturated carbocycles. The van der Waals surface area contributed by atoms with E-state index in [1.165, 1.54) is 6.07 Å². The van der Waals surface area contributed by atoms with E-state index in [-0.39, 0.29) is 5.82 Å². The molecule has 5 heterocycles. The van der Waals surface area contributed by atoms with E-state index in [1.54, 1.807) is 18.6 Å². The number of fused-ring (bicyclic) bond motifs is 2. The Morgan fingerprint density at radius 3 is 2.50 bits per heavy atom. The van der Waals surface area contributed by atoms with Crippen LogP contribution in [-0.4, -0.2) is 50.7 Å². The highest BCUT2D eigenvalue weighted by Gasteiger charge is 2.42. The molecule has 5 rings (SSSR count). The summed E-state index contributed by atoms with van der Waals surface area (Å²) < 4.78 is 15.9. The summed E-state index contributed by atoms with van der Waals surface area (Å²) in [5, 5.41) is 4.36. The standard InChI is InChI=1S/C18H20FN7/c1-11-12(2)23-18-21-10-22-26(18)17(11)25-8-13-6-24(7-14(13)9-25)16-15(19)4-3-5-20-16/h3-5,10,13-14H,6-9H2,1-2H3. The van der Waals surface area contributed by atoms with Gasteiger partial charge in [0.1, 0.15) is 12.1 Å². The van der Waals surface area contributed by atoms with E-state index in [9.17, 15) is 4.39 Å². The lowest BCUT2D eigenvalue weighted by atomic mass is 10.0. The summed E-state index contributed by atoms with van der Waals surface area (Å²) in [6.45, 7) is 7.61. The van der Waals surface area contributed by atoms with Crippen LogP contribution < -0.4 is 9.80 Å². The van der Waals surface area contributed by atoms with Crippen molar-refractivity contribution in [3.63, 3.8) is 0 Å². The zero-order chi connectivity index (χ0) is 17.8. The normalized spacial score (nSPS) is 22.4. The second-order valence-electron chi connectivity index (χ2n) is 7.26. The van der Waals surface area contributed by atoms with Crippen LogP contribution in [0.5, 0.6) is 0 Å². The van der Waals surface area contributed by atoms with Crippen LogP contribution in [0.15, 0.2) is 24.7 Å². The summed E-state index contributed by atoms with van der Waals surface area (Å²) in [5.41, 5.74) is 2.12. The van der Waals surface area contributed by atoms with E-state index in [2.05, 4.69) is 36.8 Å². The maximum atomic E-state index is 14.1. The molecule has 3 aromatic rings. The van der Waals surface area contributed by atoms with Gasteiger partial charge in [0, 0.05) is 55.5 Å². The summed E-state index contributed by atoms with van der Waals surface area (Å²) in [4.78, 5) is 17.4. The van der Waals surface area contributed by atoms with Crippen molar-refractivity contribution in [3.8, 4) is 0 Å². The van der Waals surface area contributed by atoms with Gasteiger partial charge in [-0.05, 0) is 26.0 Å². The smallest absolute Gasteiger partial charge is 0.254 e. The van der Waals surface area contributed by atoms with Gasteiger partial charge >= 0.3 is 0 Å². The maximum absolute atomic E-state index is 14.1. The molecule has 2 atom stereocenters. The van der Waals surface area contributed by atoms with Gasteiger partial charge < -0.3 is 9.80 Å². The van der Waals surface area contributed by atoms with Crippen molar-refractivity contribution in [1.82, 2.24) is 24.6 Å². The molecule has 8 heteroatoms. The minimum atomic E-state index is -0.241. The van der Waals surface area contributed by atoms with E-state index in [4.69, 9.17) is 0 Å². The molecule has 2 aliphatic heterocycles. The molecule has 0 radical (unpaired) electrons. The summed E-state index contributed by atoms with van der Waals surface area (Å²) in [5.74, 6) is 2.93. The number of hydrogen-bond acceptors (Lipinski definition) is 6. The molecular formula is C18H20FN7. The fourth-order valence-corrected chi connectivity index (χ4v) is 4.34. The lowest BCUT2D eigenvalue weighted by molar-refractivity contribution is 0.533. The van der Waals surface area contributed by atoms with Gasteiger partial charge in [-0.25, -0.2) is 14.4 Å². The monoisotopic (exact) mass is 353 g/mol. The van der Waals surface area contributed by atoms with Crippen LogP contribution in [0.4, 0.5) is 16.0 Å². The van der Waals surface area contributed by atoms with Crippen molar-refractivity contribution in [2.75, 3.05) is 36.0 Å². The fraction of sp³-hybridized carbons (Fsp3) is 0.444. The van der Waals surface area contributed by atoms with Gasteiger partial charge in [0.2, 0.25) is 0 Å². The number of halogens is 1. The first-order valence-electron chi connectivity index (χ1n) is 8.89. The highest BCUT2D eigenvalue weighted by molar-refractivity contribution is 5.55. The number of aryl methyl sites for hydroxylation is 1. The Kier molecular flexibility index (Phi) is 3.35. The van der Waals surface area contributed by atoms with E-state index in [0.717, 1.165) is 43.3 Å². The Hall–Kier alpha value is -2.77. The van der Waals surface area contributed by atoms with Crippen LogP contribution in [0.1, 0.15) is 11.3 Å². The summed E-state index contributed by atoms with van der Waals surface area (Å²) >= 11 is 0. The predicted octanol–water partition coefficient (Wildman–Crippen LogP) is 1.85. The quantitative estimate of drug-likeness (QED) is 0.701. The highest BCUT2D eigenvalue weighted by atomic mass is 19.1. The lowest BCUT2D eigenvalue weighted by Gasteiger charge is -2.25. The Labute approximate surface area is 150 Å². The Morgan fingerprint density at radius 1 is 1.04 bits per heavy atom. The van der Waals surface area contributed by atoms with Gasteiger partial charge in [-0.15, -0.1) is 0 Å². The molecule has 134 valence electrons. The molecule has 2 saturated heterocycles. The number of rotatable bonds is 2. The van der Waals surface area contributed by atoms with E-state index in [1.807, 2.05) is 11.4 Å². The molecule has 26 heavy (non-hydrogen) atoms. The average molecular weight is 353 g/mol. The summed E-state index contributed by atoms with van der Waals surface area (Å²) in [6.07, 6.45) is 3.20. The minimum absolute atomic E-state index is 0.241. The van der Waals surface area contributed by atoms with Crippen LogP contribution in [0.2, 0.25) is 0 Å². The van der Waals surface area contributed by atoms with Crippen LogP contribution in [0, 0.1) is 31.5 Å². The largest absolute Gasteiger partial charge is 0.355 e. The fourth-order valence-electron chi connectivity index (χ4n) is 4.34. The van der Waals surface area contributed by atoms with Crippen molar-refractivity contribution in [2.24, 2.45) is 11.8 Å². The van der Waals surface area contributed by atoms with Crippen LogP contribution in [-0.2, 0) is 0 Å². The van der Waals surface area contributed by atoms with Crippen LogP contribution in [0.3, 0.4) is 0 Å². The number of hydrogen-bond donors (Lipinski definition) is 0. The van der Waals surface area contributed by atoms with Crippen molar-refractivity contribution in [3.05, 3.63) is 41.7 Å². The molecule has 2 fully saturated rings. The van der Waals surface area contributed by atoms with Crippen molar-refractivity contribution in [2.45, 2.75) is 13.8 Å². The average Bonchev–Trinajstić information content (AvgIpc) is 3.30. The molecule has 0 aliphatic carbocycles. The van der Waals surface area contributed by atoms with E-state index < -0.39 is 0 Å². The molecular weight excluding hydrogens is 333 g/mol. The second-order valence-corrected chi connectivity index (χ2v) is 7.26. The minimum Gasteiger partial charge on any atom is -0.355 e. The summed E-state index contributed by atoms with van der Waals surface area (Å²) in [6, 6.07) is 3.11. The molecule has 2 unspecified atom stereocenters. The zero-order valence-electron chi connectivity index (χ0n) is 14.8. The maximum Gasteiger partial charge on any atom is 0.254 e. The van der Waals surface area contributed by atoms with Crippen LogP contribution >= 0.6 is 0 Å². The second kappa shape index (κ2) is 5.62. The van der Waals surface area contributed by atoms with Crippen LogP contribution in [0.25, 0.3) is 5.78 Å². The van der Waals surface area contributed by atoms with Gasteiger partial charge in [-0.2, -0.15) is 14.6 Å². The van der Waals surface area contributed by atoms with Gasteiger partial charge in [0.25, 0.3) is 5.78 Å². The molecule has 0 amide bonds. The Morgan fingerprint density at radius 2 is 1.77 bits per heavy atom. The first-order valence-corrected chi connectivity index (χ1v) is 8.89. The third kappa shape index (κ3) is 2.24. The van der Waals surface area contributed by atoms with Gasteiger partial charge in [0.15, 0.2) is 11.6 Å². The third-order valence-corrected chi connectivity index (χ3v) is 5.70. The Bertz CT molecular complexity index is 971. The number of anilines is 2. The van der Waals surface area contributed by atoms with E-state index >= 15 is 0 Å². The van der Waals surface area contributed by atoms with Gasteiger partial charge in [-0.3, -0.25) is 0 Å². The van der Waals surface area contributed by atoms with Crippen molar-refractivity contribution >= 4 is 17.4 Å². The molecule has 0 aromatic carbocycles. The van der Waals surface area contributed by atoms with Gasteiger partial charge in [0.05, 0.1) is 0 Å². The predicted molar refractivity (Wildman–Crippen MR) is 95.9 cm³/mol. The SMILES string of the molecule is Cc1nc2ncnn2c(N2CC3CN(c4ncccc4F)CC3C2)c1C. The number of aromatic nitrogens is 5. The Balaban J connectivity index is 1.42. The zero-order valence-corrected chi connectivity index (χ0v) is 14.8. The molecule has 0 N–H and O–H groups in total. The molecule has 0 spiro atoms. The topological polar surface area (TPSA) is 62.5 Å². The first kappa shape index (κ1) is 15.5. The van der Waals surface area contributed by atoms with Crippen molar-refractivity contribution in [1.29, 1.82) is 0 Å². The summed E-state index contributed by atoms with van der Waals surface area (Å²) in [7, 11) is 0.